The van der Waals surface area contributed by atoms with Crippen LogP contribution in [0.5, 0.6) is 0 Å². The van der Waals surface area contributed by atoms with Gasteiger partial charge in [0.05, 0.1) is 6.54 Å². The first-order valence-corrected chi connectivity index (χ1v) is 8.20. The summed E-state index contributed by atoms with van der Waals surface area (Å²) in [5.74, 6) is 0.852. The molecular formula is C14H24N4OS. The van der Waals surface area contributed by atoms with Gasteiger partial charge in [0.15, 0.2) is 0 Å². The van der Waals surface area contributed by atoms with Crippen molar-refractivity contribution in [2.75, 3.05) is 7.05 Å². The summed E-state index contributed by atoms with van der Waals surface area (Å²) in [6.45, 7) is 4.70. The lowest BCUT2D eigenvalue weighted by Crippen LogP contribution is -2.44. The number of aromatic nitrogens is 2. The first-order valence-electron chi connectivity index (χ1n) is 7.39. The van der Waals surface area contributed by atoms with E-state index in [1.807, 2.05) is 14.0 Å². The second-order valence-electron chi connectivity index (χ2n) is 5.65. The lowest BCUT2D eigenvalue weighted by Gasteiger charge is -2.29. The molecule has 1 N–H and O–H groups in total. The van der Waals surface area contributed by atoms with E-state index in [1.54, 1.807) is 4.90 Å². The number of aryl methyl sites for hydroxylation is 1. The molecule has 6 heteroatoms. The van der Waals surface area contributed by atoms with E-state index in [4.69, 9.17) is 0 Å². The van der Waals surface area contributed by atoms with Crippen molar-refractivity contribution < 1.29 is 4.79 Å². The average Bonchev–Trinajstić information content (AvgIpc) is 2.85. The summed E-state index contributed by atoms with van der Waals surface area (Å²) >= 11 is 1.54. The number of carbonyl (C=O) groups excluding carboxylic acids is 1. The number of nitrogens with one attached hydrogen (secondary N) is 1. The number of urea groups is 1. The van der Waals surface area contributed by atoms with Crippen molar-refractivity contribution in [2.24, 2.45) is 5.92 Å². The van der Waals surface area contributed by atoms with E-state index in [0.717, 1.165) is 28.8 Å². The minimum absolute atomic E-state index is 0.00204. The highest BCUT2D eigenvalue weighted by Crippen LogP contribution is 2.26. The summed E-state index contributed by atoms with van der Waals surface area (Å²) in [5.41, 5.74) is 0. The summed E-state index contributed by atoms with van der Waals surface area (Å²) in [6.07, 6.45) is 5.95. The molecule has 0 aromatic carbocycles. The standard InChI is InChI=1S/C14H24N4OS/c1-4-11-5-7-12(8-6-11)15-14(19)18(3)9-13-17-16-10(2)20-13/h11-12H,4-9H2,1-3H3,(H,15,19). The third-order valence-corrected chi connectivity index (χ3v) is 4.86. The van der Waals surface area contributed by atoms with E-state index in [0.29, 0.717) is 12.6 Å². The first-order chi connectivity index (χ1) is 9.58. The zero-order chi connectivity index (χ0) is 14.5. The molecule has 1 fully saturated rings. The Kier molecular flexibility index (Phi) is 5.34. The third-order valence-electron chi connectivity index (χ3n) is 4.04. The molecule has 1 aliphatic carbocycles. The number of nitrogens with zero attached hydrogens (tertiary/aromatic N) is 3. The van der Waals surface area contributed by atoms with E-state index in [1.165, 1.54) is 30.6 Å². The van der Waals surface area contributed by atoms with Gasteiger partial charge >= 0.3 is 6.03 Å². The van der Waals surface area contributed by atoms with E-state index in [-0.39, 0.29) is 6.03 Å². The summed E-state index contributed by atoms with van der Waals surface area (Å²) in [4.78, 5) is 13.8. The third kappa shape index (κ3) is 4.16. The van der Waals surface area contributed by atoms with Gasteiger partial charge in [-0.15, -0.1) is 10.2 Å². The molecule has 1 aromatic rings. The van der Waals surface area contributed by atoms with Crippen LogP contribution >= 0.6 is 11.3 Å². The molecule has 1 saturated carbocycles. The molecule has 0 spiro atoms. The van der Waals surface area contributed by atoms with Gasteiger partial charge in [0, 0.05) is 13.1 Å². The number of hydrogen-bond donors (Lipinski definition) is 1. The van der Waals surface area contributed by atoms with Gasteiger partial charge in [0.25, 0.3) is 0 Å². The Balaban J connectivity index is 1.76. The fraction of sp³-hybridized carbons (Fsp3) is 0.786. The zero-order valence-electron chi connectivity index (χ0n) is 12.6. The van der Waals surface area contributed by atoms with E-state index < -0.39 is 0 Å². The topological polar surface area (TPSA) is 58.1 Å². The molecule has 2 amide bonds. The van der Waals surface area contributed by atoms with Crippen LogP contribution in [-0.4, -0.2) is 34.2 Å². The van der Waals surface area contributed by atoms with Crippen molar-refractivity contribution in [2.45, 2.75) is 58.5 Å². The Morgan fingerprint density at radius 1 is 1.35 bits per heavy atom. The molecule has 0 unspecified atom stereocenters. The van der Waals surface area contributed by atoms with E-state index in [9.17, 15) is 4.79 Å². The summed E-state index contributed by atoms with van der Waals surface area (Å²) in [6, 6.07) is 0.335. The lowest BCUT2D eigenvalue weighted by atomic mass is 9.84. The normalized spacial score (nSPS) is 22.6. The van der Waals surface area contributed by atoms with Crippen LogP contribution in [0.1, 0.15) is 49.0 Å². The monoisotopic (exact) mass is 296 g/mol. The maximum absolute atomic E-state index is 12.1. The van der Waals surface area contributed by atoms with Crippen molar-refractivity contribution in [3.05, 3.63) is 10.0 Å². The molecule has 112 valence electrons. The molecule has 0 atom stereocenters. The predicted molar refractivity (Wildman–Crippen MR) is 80.7 cm³/mol. The van der Waals surface area contributed by atoms with Gasteiger partial charge in [-0.25, -0.2) is 4.79 Å². The zero-order valence-corrected chi connectivity index (χ0v) is 13.4. The lowest BCUT2D eigenvalue weighted by molar-refractivity contribution is 0.194. The van der Waals surface area contributed by atoms with E-state index in [2.05, 4.69) is 22.4 Å². The fourth-order valence-electron chi connectivity index (χ4n) is 2.68. The fourth-order valence-corrected chi connectivity index (χ4v) is 3.44. The maximum atomic E-state index is 12.1. The predicted octanol–water partition coefficient (Wildman–Crippen LogP) is 2.96. The molecule has 0 saturated heterocycles. The highest BCUT2D eigenvalue weighted by Gasteiger charge is 2.22. The molecule has 0 aliphatic heterocycles. The molecular weight excluding hydrogens is 272 g/mol. The second-order valence-corrected chi connectivity index (χ2v) is 6.91. The average molecular weight is 296 g/mol. The van der Waals surface area contributed by atoms with Gasteiger partial charge in [-0.1, -0.05) is 24.7 Å². The van der Waals surface area contributed by atoms with Crippen LogP contribution in [-0.2, 0) is 6.54 Å². The van der Waals surface area contributed by atoms with E-state index >= 15 is 0 Å². The van der Waals surface area contributed by atoms with Gasteiger partial charge in [0.1, 0.15) is 10.0 Å². The number of carbonyl (C=O) groups is 1. The maximum Gasteiger partial charge on any atom is 0.317 e. The van der Waals surface area contributed by atoms with Crippen molar-refractivity contribution in [1.82, 2.24) is 20.4 Å². The Morgan fingerprint density at radius 3 is 2.60 bits per heavy atom. The SMILES string of the molecule is CCC1CCC(NC(=O)N(C)Cc2nnc(C)s2)CC1. The molecule has 2 rings (SSSR count). The molecule has 5 nitrogen and oxygen atoms in total. The smallest absolute Gasteiger partial charge is 0.317 e. The van der Waals surface area contributed by atoms with Crippen molar-refractivity contribution >= 4 is 17.4 Å². The molecule has 0 bridgehead atoms. The largest absolute Gasteiger partial charge is 0.335 e. The molecule has 1 heterocycles. The minimum atomic E-state index is -0.00204. The summed E-state index contributed by atoms with van der Waals surface area (Å²) in [7, 11) is 1.81. The molecule has 1 aromatic heterocycles. The number of amides is 2. The second kappa shape index (κ2) is 7.02. The quantitative estimate of drug-likeness (QED) is 0.929. The molecule has 0 radical (unpaired) electrons. The minimum Gasteiger partial charge on any atom is -0.335 e. The van der Waals surface area contributed by atoms with Crippen LogP contribution < -0.4 is 5.32 Å². The van der Waals surface area contributed by atoms with Crippen LogP contribution in [0.2, 0.25) is 0 Å². The summed E-state index contributed by atoms with van der Waals surface area (Å²) < 4.78 is 0. The summed E-state index contributed by atoms with van der Waals surface area (Å²) in [5, 5.41) is 13.0. The Bertz CT molecular complexity index is 440. The first kappa shape index (κ1) is 15.2. The van der Waals surface area contributed by atoms with Crippen LogP contribution in [0, 0.1) is 12.8 Å². The van der Waals surface area contributed by atoms with Gasteiger partial charge in [-0.2, -0.15) is 0 Å². The van der Waals surface area contributed by atoms with Crippen LogP contribution in [0.4, 0.5) is 4.79 Å². The Morgan fingerprint density at radius 2 is 2.05 bits per heavy atom. The number of hydrogen-bond acceptors (Lipinski definition) is 4. The van der Waals surface area contributed by atoms with Crippen LogP contribution in [0.3, 0.4) is 0 Å². The molecule has 1 aliphatic rings. The van der Waals surface area contributed by atoms with Crippen molar-refractivity contribution in [3.63, 3.8) is 0 Å². The Hall–Kier alpha value is -1.17. The van der Waals surface area contributed by atoms with Gasteiger partial charge in [0.2, 0.25) is 0 Å². The highest BCUT2D eigenvalue weighted by atomic mass is 32.1. The van der Waals surface area contributed by atoms with Gasteiger partial charge < -0.3 is 10.2 Å². The number of rotatable bonds is 4. The van der Waals surface area contributed by atoms with Crippen molar-refractivity contribution in [1.29, 1.82) is 0 Å². The van der Waals surface area contributed by atoms with Crippen LogP contribution in [0.25, 0.3) is 0 Å². The molecule has 20 heavy (non-hydrogen) atoms. The van der Waals surface area contributed by atoms with Gasteiger partial charge in [-0.3, -0.25) is 0 Å². The Labute approximate surface area is 124 Å². The highest BCUT2D eigenvalue weighted by molar-refractivity contribution is 7.11. The van der Waals surface area contributed by atoms with Crippen LogP contribution in [0.15, 0.2) is 0 Å². The van der Waals surface area contributed by atoms with Crippen molar-refractivity contribution in [3.8, 4) is 0 Å². The van der Waals surface area contributed by atoms with Gasteiger partial charge in [-0.05, 0) is 38.5 Å².